The zero-order valence-corrected chi connectivity index (χ0v) is 16.1. The van der Waals surface area contributed by atoms with E-state index in [-0.39, 0.29) is 30.0 Å². The van der Waals surface area contributed by atoms with Gasteiger partial charge >= 0.3 is 0 Å². The maximum absolute atomic E-state index is 12.6. The van der Waals surface area contributed by atoms with Gasteiger partial charge < -0.3 is 9.64 Å². The van der Waals surface area contributed by atoms with Gasteiger partial charge in [-0.1, -0.05) is 12.1 Å². The van der Waals surface area contributed by atoms with Gasteiger partial charge in [-0.2, -0.15) is 0 Å². The molecule has 140 valence electrons. The molecule has 1 amide bonds. The minimum absolute atomic E-state index is 0.0157. The average molecular weight is 368 g/mol. The molecule has 1 aliphatic heterocycles. The molecule has 1 unspecified atom stereocenters. The standard InChI is InChI=1S/C18H28N2O4S/c1-4-20(16-10-11-25(22,23)14-16)18(21)13-19(3)12-15-6-8-17(9-7-15)24-5-2/h6-9,16H,4-5,10-14H2,1-3H3. The molecule has 1 fully saturated rings. The molecule has 0 spiro atoms. The van der Waals surface area contributed by atoms with Crippen LogP contribution in [0.2, 0.25) is 0 Å². The lowest BCUT2D eigenvalue weighted by Gasteiger charge is -2.29. The van der Waals surface area contributed by atoms with Gasteiger partial charge in [0.1, 0.15) is 5.75 Å². The third kappa shape index (κ3) is 5.71. The van der Waals surface area contributed by atoms with E-state index in [1.54, 1.807) is 4.90 Å². The fourth-order valence-electron chi connectivity index (χ4n) is 3.21. The van der Waals surface area contributed by atoms with E-state index in [1.807, 2.05) is 50.1 Å². The molecule has 1 aliphatic rings. The summed E-state index contributed by atoms with van der Waals surface area (Å²) in [6.07, 6.45) is 0.546. The minimum Gasteiger partial charge on any atom is -0.494 e. The first kappa shape index (κ1) is 19.7. The second-order valence-electron chi connectivity index (χ2n) is 6.49. The molecule has 2 rings (SSSR count). The first-order chi connectivity index (χ1) is 11.8. The van der Waals surface area contributed by atoms with E-state index in [9.17, 15) is 13.2 Å². The number of hydrogen-bond acceptors (Lipinski definition) is 5. The Kier molecular flexibility index (Phi) is 6.84. The smallest absolute Gasteiger partial charge is 0.237 e. The summed E-state index contributed by atoms with van der Waals surface area (Å²) in [5.74, 6) is 1.10. The lowest BCUT2D eigenvalue weighted by molar-refractivity contribution is -0.133. The highest BCUT2D eigenvalue weighted by Gasteiger charge is 2.33. The first-order valence-corrected chi connectivity index (χ1v) is 10.6. The molecular weight excluding hydrogens is 340 g/mol. The van der Waals surface area contributed by atoms with Crippen LogP contribution in [0.5, 0.6) is 5.75 Å². The van der Waals surface area contributed by atoms with Crippen LogP contribution in [0.15, 0.2) is 24.3 Å². The number of likely N-dealkylation sites (N-methyl/N-ethyl adjacent to an activating group) is 2. The molecule has 1 atom stereocenters. The van der Waals surface area contributed by atoms with Crippen molar-refractivity contribution >= 4 is 15.7 Å². The van der Waals surface area contributed by atoms with Crippen molar-refractivity contribution in [2.24, 2.45) is 0 Å². The fraction of sp³-hybridized carbons (Fsp3) is 0.611. The van der Waals surface area contributed by atoms with Crippen molar-refractivity contribution < 1.29 is 17.9 Å². The summed E-state index contributed by atoms with van der Waals surface area (Å²) in [6.45, 7) is 5.95. The lowest BCUT2D eigenvalue weighted by Crippen LogP contribution is -2.45. The second-order valence-corrected chi connectivity index (χ2v) is 8.71. The molecule has 25 heavy (non-hydrogen) atoms. The predicted octanol–water partition coefficient (Wildman–Crippen LogP) is 1.55. The summed E-state index contributed by atoms with van der Waals surface area (Å²) < 4.78 is 28.8. The highest BCUT2D eigenvalue weighted by atomic mass is 32.2. The predicted molar refractivity (Wildman–Crippen MR) is 98.4 cm³/mol. The normalized spacial score (nSPS) is 19.1. The first-order valence-electron chi connectivity index (χ1n) is 8.74. The van der Waals surface area contributed by atoms with Crippen LogP contribution in [-0.4, -0.2) is 68.4 Å². The molecule has 7 heteroatoms. The number of benzene rings is 1. The lowest BCUT2D eigenvalue weighted by atomic mass is 10.2. The molecule has 1 aromatic rings. The number of ether oxygens (including phenoxy) is 1. The van der Waals surface area contributed by atoms with E-state index in [4.69, 9.17) is 4.74 Å². The zero-order chi connectivity index (χ0) is 18.4. The minimum atomic E-state index is -2.99. The van der Waals surface area contributed by atoms with Gasteiger partial charge in [-0.3, -0.25) is 9.69 Å². The molecule has 1 saturated heterocycles. The Bertz CT molecular complexity index is 673. The Morgan fingerprint density at radius 2 is 1.92 bits per heavy atom. The fourth-order valence-corrected chi connectivity index (χ4v) is 4.94. The number of amides is 1. The highest BCUT2D eigenvalue weighted by Crippen LogP contribution is 2.18. The second kappa shape index (κ2) is 8.67. The van der Waals surface area contributed by atoms with Crippen LogP contribution in [0, 0.1) is 0 Å². The SMILES string of the molecule is CCOc1ccc(CN(C)CC(=O)N(CC)C2CCS(=O)(=O)C2)cc1. The summed E-state index contributed by atoms with van der Waals surface area (Å²) in [6, 6.07) is 7.66. The summed E-state index contributed by atoms with van der Waals surface area (Å²) >= 11 is 0. The third-order valence-electron chi connectivity index (χ3n) is 4.40. The van der Waals surface area contributed by atoms with Crippen LogP contribution in [0.1, 0.15) is 25.8 Å². The number of hydrogen-bond donors (Lipinski definition) is 0. The van der Waals surface area contributed by atoms with Crippen LogP contribution in [0.25, 0.3) is 0 Å². The molecule has 0 saturated carbocycles. The molecule has 1 heterocycles. The van der Waals surface area contributed by atoms with Crippen LogP contribution in [0.3, 0.4) is 0 Å². The van der Waals surface area contributed by atoms with E-state index < -0.39 is 9.84 Å². The van der Waals surface area contributed by atoms with Crippen molar-refractivity contribution in [3.8, 4) is 5.75 Å². The van der Waals surface area contributed by atoms with Gasteiger partial charge in [-0.05, 0) is 45.0 Å². The van der Waals surface area contributed by atoms with Crippen molar-refractivity contribution in [2.45, 2.75) is 32.9 Å². The maximum Gasteiger partial charge on any atom is 0.237 e. The van der Waals surface area contributed by atoms with Crippen molar-refractivity contribution in [3.05, 3.63) is 29.8 Å². The average Bonchev–Trinajstić information content (AvgIpc) is 2.90. The van der Waals surface area contributed by atoms with Gasteiger partial charge in [0.25, 0.3) is 0 Å². The molecule has 0 aromatic heterocycles. The highest BCUT2D eigenvalue weighted by molar-refractivity contribution is 7.91. The monoisotopic (exact) mass is 368 g/mol. The third-order valence-corrected chi connectivity index (χ3v) is 6.15. The number of carbonyl (C=O) groups excluding carboxylic acids is 1. The number of rotatable bonds is 8. The Hall–Kier alpha value is -1.60. The van der Waals surface area contributed by atoms with Crippen LogP contribution in [0.4, 0.5) is 0 Å². The van der Waals surface area contributed by atoms with Crippen molar-refractivity contribution in [3.63, 3.8) is 0 Å². The largest absolute Gasteiger partial charge is 0.494 e. The Morgan fingerprint density at radius 1 is 1.24 bits per heavy atom. The van der Waals surface area contributed by atoms with Crippen molar-refractivity contribution in [1.29, 1.82) is 0 Å². The topological polar surface area (TPSA) is 66.9 Å². The maximum atomic E-state index is 12.6. The summed E-state index contributed by atoms with van der Waals surface area (Å²) in [5.41, 5.74) is 1.10. The van der Waals surface area contributed by atoms with E-state index in [2.05, 4.69) is 0 Å². The molecule has 0 aliphatic carbocycles. The van der Waals surface area contributed by atoms with Crippen LogP contribution < -0.4 is 4.74 Å². The zero-order valence-electron chi connectivity index (χ0n) is 15.3. The van der Waals surface area contributed by atoms with Gasteiger partial charge in [0, 0.05) is 19.1 Å². The molecule has 0 bridgehead atoms. The van der Waals surface area contributed by atoms with Gasteiger partial charge in [0.2, 0.25) is 5.91 Å². The Labute approximate surface area is 150 Å². The number of carbonyl (C=O) groups is 1. The molecule has 1 aromatic carbocycles. The van der Waals surface area contributed by atoms with Gasteiger partial charge in [0.15, 0.2) is 9.84 Å². The van der Waals surface area contributed by atoms with Crippen molar-refractivity contribution in [2.75, 3.05) is 38.2 Å². The summed E-state index contributed by atoms with van der Waals surface area (Å²) in [4.78, 5) is 16.2. The Balaban J connectivity index is 1.89. The summed E-state index contributed by atoms with van der Waals surface area (Å²) in [5, 5.41) is 0. The Morgan fingerprint density at radius 3 is 2.44 bits per heavy atom. The number of nitrogens with zero attached hydrogens (tertiary/aromatic N) is 2. The van der Waals surface area contributed by atoms with E-state index in [1.165, 1.54) is 0 Å². The molecule has 0 radical (unpaired) electrons. The molecule has 0 N–H and O–H groups in total. The summed E-state index contributed by atoms with van der Waals surface area (Å²) in [7, 11) is -1.09. The molecular formula is C18H28N2O4S. The van der Waals surface area contributed by atoms with Gasteiger partial charge in [0.05, 0.1) is 24.7 Å². The van der Waals surface area contributed by atoms with Gasteiger partial charge in [-0.25, -0.2) is 8.42 Å². The molecule has 6 nitrogen and oxygen atoms in total. The van der Waals surface area contributed by atoms with E-state index in [0.29, 0.717) is 26.1 Å². The van der Waals surface area contributed by atoms with E-state index in [0.717, 1.165) is 11.3 Å². The quantitative estimate of drug-likeness (QED) is 0.696. The van der Waals surface area contributed by atoms with Crippen molar-refractivity contribution in [1.82, 2.24) is 9.80 Å². The van der Waals surface area contributed by atoms with Gasteiger partial charge in [-0.15, -0.1) is 0 Å². The number of sulfone groups is 1. The van der Waals surface area contributed by atoms with Crippen LogP contribution in [-0.2, 0) is 21.2 Å². The van der Waals surface area contributed by atoms with Crippen LogP contribution >= 0.6 is 0 Å². The van der Waals surface area contributed by atoms with E-state index >= 15 is 0 Å².